The summed E-state index contributed by atoms with van der Waals surface area (Å²) in [4.78, 5) is 11.4. The van der Waals surface area contributed by atoms with Crippen LogP contribution in [0.4, 0.5) is 11.4 Å². The van der Waals surface area contributed by atoms with Gasteiger partial charge in [-0.2, -0.15) is 5.10 Å². The van der Waals surface area contributed by atoms with Crippen molar-refractivity contribution < 1.29 is 0 Å². The number of nitrogens with one attached hydrogen (secondary N) is 2. The van der Waals surface area contributed by atoms with Crippen LogP contribution in [-0.2, 0) is 0 Å². The van der Waals surface area contributed by atoms with Crippen molar-refractivity contribution in [2.24, 2.45) is 0 Å². The quantitative estimate of drug-likeness (QED) is 0.635. The second-order valence-electron chi connectivity index (χ2n) is 3.04. The Bertz CT molecular complexity index is 581. The number of anilines is 2. The summed E-state index contributed by atoms with van der Waals surface area (Å²) in [5.74, 6) is 0. The van der Waals surface area contributed by atoms with Gasteiger partial charge in [-0.1, -0.05) is 12.1 Å². The Labute approximate surface area is 78.8 Å². The largest absolute Gasteiger partial charge is 0.313 e. The van der Waals surface area contributed by atoms with Gasteiger partial charge in [0.15, 0.2) is 0 Å². The van der Waals surface area contributed by atoms with E-state index in [1.165, 1.54) is 0 Å². The normalized spacial score (nSPS) is 12.3. The molecule has 0 bridgehead atoms. The first-order chi connectivity index (χ1) is 6.86. The molecular weight excluding hydrogens is 180 g/mol. The van der Waals surface area contributed by atoms with Gasteiger partial charge in [-0.05, 0) is 6.07 Å². The Morgan fingerprint density at radius 2 is 2.14 bits per heavy atom. The lowest BCUT2D eigenvalue weighted by Crippen LogP contribution is -2.12. The maximum atomic E-state index is 11.4. The molecule has 0 fully saturated rings. The van der Waals surface area contributed by atoms with Crippen molar-refractivity contribution in [2.75, 3.05) is 10.9 Å². The van der Waals surface area contributed by atoms with Gasteiger partial charge in [0.25, 0.3) is 0 Å². The van der Waals surface area contributed by atoms with Crippen molar-refractivity contribution in [3.8, 4) is 0 Å². The number of hydrogen-bond acceptors (Lipinski definition) is 5. The molecule has 0 saturated carbocycles. The Balaban J connectivity index is 2.66. The summed E-state index contributed by atoms with van der Waals surface area (Å²) in [6, 6.07) is 5.68. The van der Waals surface area contributed by atoms with Crippen molar-refractivity contribution in [3.63, 3.8) is 0 Å². The number of nitrogens with zero attached hydrogens (tertiary/aromatic N) is 2. The van der Waals surface area contributed by atoms with Gasteiger partial charge in [0, 0.05) is 10.8 Å². The van der Waals surface area contributed by atoms with Crippen molar-refractivity contribution >= 4 is 22.1 Å². The Kier molecular flexibility index (Phi) is 1.25. The molecule has 5 nitrogen and oxygen atoms in total. The van der Waals surface area contributed by atoms with Crippen molar-refractivity contribution in [1.82, 2.24) is 10.2 Å². The summed E-state index contributed by atoms with van der Waals surface area (Å²) in [7, 11) is 0. The van der Waals surface area contributed by atoms with Gasteiger partial charge in [-0.15, -0.1) is 5.10 Å². The average Bonchev–Trinajstić information content (AvgIpc) is 2.54. The van der Waals surface area contributed by atoms with E-state index in [-0.39, 0.29) is 5.56 Å². The van der Waals surface area contributed by atoms with Gasteiger partial charge >= 0.3 is 5.56 Å². The molecule has 2 N–H and O–H groups in total. The Morgan fingerprint density at radius 1 is 1.21 bits per heavy atom. The summed E-state index contributed by atoms with van der Waals surface area (Å²) in [5.41, 5.74) is 6.71. The predicted molar refractivity (Wildman–Crippen MR) is 53.1 cm³/mol. The standard InChI is InChI=1S/C9H6N4O/c14-9-8-7-5(4-10-13-9)2-1-3-6(7)11-12-8/h1-4,11-12H. The molecule has 0 radical (unpaired) electrons. The minimum absolute atomic E-state index is 0.350. The highest BCUT2D eigenvalue weighted by molar-refractivity contribution is 6.05. The lowest BCUT2D eigenvalue weighted by atomic mass is 10.1. The number of benzene rings is 1. The summed E-state index contributed by atoms with van der Waals surface area (Å²) in [5, 5.41) is 8.94. The summed E-state index contributed by atoms with van der Waals surface area (Å²) in [6.45, 7) is 0. The molecule has 1 aliphatic heterocycles. The Morgan fingerprint density at radius 3 is 3.07 bits per heavy atom. The summed E-state index contributed by atoms with van der Waals surface area (Å²) >= 11 is 0. The SMILES string of the molecule is O=c1nncc2cccc3c2c1NN3. The molecule has 1 aliphatic rings. The lowest BCUT2D eigenvalue weighted by molar-refractivity contribution is 1.02. The van der Waals surface area contributed by atoms with Gasteiger partial charge in [0.05, 0.1) is 11.9 Å². The number of hydrogen-bond donors (Lipinski definition) is 2. The Hall–Kier alpha value is -2.17. The number of aromatic nitrogens is 2. The third-order valence-electron chi connectivity index (χ3n) is 2.23. The highest BCUT2D eigenvalue weighted by Crippen LogP contribution is 2.30. The van der Waals surface area contributed by atoms with E-state index in [9.17, 15) is 4.79 Å². The zero-order valence-corrected chi connectivity index (χ0v) is 7.11. The van der Waals surface area contributed by atoms with Crippen LogP contribution in [0.3, 0.4) is 0 Å². The van der Waals surface area contributed by atoms with Gasteiger partial charge in [0.1, 0.15) is 5.69 Å². The zero-order chi connectivity index (χ0) is 9.54. The maximum absolute atomic E-state index is 11.4. The van der Waals surface area contributed by atoms with Crippen LogP contribution in [0.1, 0.15) is 0 Å². The molecule has 3 rings (SSSR count). The minimum atomic E-state index is -0.350. The molecule has 0 saturated heterocycles. The average molecular weight is 186 g/mol. The molecule has 14 heavy (non-hydrogen) atoms. The molecule has 2 aromatic rings. The van der Waals surface area contributed by atoms with Gasteiger partial charge in [-0.25, -0.2) is 0 Å². The second kappa shape index (κ2) is 2.41. The number of rotatable bonds is 0. The first kappa shape index (κ1) is 7.25. The van der Waals surface area contributed by atoms with E-state index < -0.39 is 0 Å². The molecule has 0 spiro atoms. The van der Waals surface area contributed by atoms with Crippen LogP contribution in [0.2, 0.25) is 0 Å². The van der Waals surface area contributed by atoms with Gasteiger partial charge in [0.2, 0.25) is 0 Å². The van der Waals surface area contributed by atoms with Crippen LogP contribution >= 0.6 is 0 Å². The van der Waals surface area contributed by atoms with Crippen LogP contribution < -0.4 is 16.4 Å². The van der Waals surface area contributed by atoms with E-state index in [2.05, 4.69) is 21.0 Å². The summed E-state index contributed by atoms with van der Waals surface area (Å²) in [6.07, 6.45) is 1.58. The fourth-order valence-corrected chi connectivity index (χ4v) is 1.61. The molecule has 0 amide bonds. The first-order valence-electron chi connectivity index (χ1n) is 4.17. The maximum Gasteiger partial charge on any atom is 0.313 e. The van der Waals surface area contributed by atoms with Crippen molar-refractivity contribution in [1.29, 1.82) is 0 Å². The van der Waals surface area contributed by atoms with E-state index in [1.54, 1.807) is 6.20 Å². The van der Waals surface area contributed by atoms with E-state index in [0.29, 0.717) is 5.69 Å². The second-order valence-corrected chi connectivity index (χ2v) is 3.04. The van der Waals surface area contributed by atoms with Crippen LogP contribution in [0, 0.1) is 0 Å². The number of hydrazine groups is 1. The molecule has 1 aromatic heterocycles. The molecule has 1 aromatic carbocycles. The highest BCUT2D eigenvalue weighted by Gasteiger charge is 2.15. The van der Waals surface area contributed by atoms with E-state index >= 15 is 0 Å². The summed E-state index contributed by atoms with van der Waals surface area (Å²) < 4.78 is 0. The molecule has 2 heterocycles. The molecule has 0 unspecified atom stereocenters. The third-order valence-corrected chi connectivity index (χ3v) is 2.23. The highest BCUT2D eigenvalue weighted by atomic mass is 16.1. The fourth-order valence-electron chi connectivity index (χ4n) is 1.61. The zero-order valence-electron chi connectivity index (χ0n) is 7.11. The van der Waals surface area contributed by atoms with Gasteiger partial charge < -0.3 is 0 Å². The predicted octanol–water partition coefficient (Wildman–Crippen LogP) is 0.742. The topological polar surface area (TPSA) is 66.9 Å². The third kappa shape index (κ3) is 0.806. The van der Waals surface area contributed by atoms with Crippen LogP contribution in [0.5, 0.6) is 0 Å². The lowest BCUT2D eigenvalue weighted by Gasteiger charge is -1.95. The minimum Gasteiger partial charge on any atom is -0.300 e. The van der Waals surface area contributed by atoms with E-state index in [1.807, 2.05) is 18.2 Å². The van der Waals surface area contributed by atoms with E-state index in [0.717, 1.165) is 16.5 Å². The van der Waals surface area contributed by atoms with Crippen LogP contribution in [0.15, 0.2) is 29.2 Å². The molecule has 0 aliphatic carbocycles. The van der Waals surface area contributed by atoms with Crippen LogP contribution in [-0.4, -0.2) is 10.2 Å². The van der Waals surface area contributed by atoms with Crippen molar-refractivity contribution in [2.45, 2.75) is 0 Å². The van der Waals surface area contributed by atoms with Crippen molar-refractivity contribution in [3.05, 3.63) is 34.7 Å². The fraction of sp³-hybridized carbons (Fsp3) is 0. The van der Waals surface area contributed by atoms with E-state index in [4.69, 9.17) is 0 Å². The first-order valence-corrected chi connectivity index (χ1v) is 4.17. The van der Waals surface area contributed by atoms with Gasteiger partial charge in [-0.3, -0.25) is 15.6 Å². The monoisotopic (exact) mass is 186 g/mol. The molecule has 68 valence electrons. The molecule has 5 heteroatoms. The molecular formula is C9H6N4O. The molecule has 0 atom stereocenters. The smallest absolute Gasteiger partial charge is 0.300 e. The van der Waals surface area contributed by atoms with Crippen LogP contribution in [0.25, 0.3) is 10.8 Å².